The number of nitrogens with two attached hydrogens (primary N) is 1. The summed E-state index contributed by atoms with van der Waals surface area (Å²) < 4.78 is 5.46. The molecule has 0 bridgehead atoms. The Kier molecular flexibility index (Phi) is 5.93. The normalized spacial score (nSPS) is 23.5. The van der Waals surface area contributed by atoms with Gasteiger partial charge in [-0.05, 0) is 44.6 Å². The van der Waals surface area contributed by atoms with Crippen molar-refractivity contribution in [3.05, 3.63) is 29.8 Å². The van der Waals surface area contributed by atoms with E-state index in [0.29, 0.717) is 19.2 Å². The highest BCUT2D eigenvalue weighted by atomic mass is 16.5. The highest BCUT2D eigenvalue weighted by Crippen LogP contribution is 2.26. The second kappa shape index (κ2) is 8.17. The minimum absolute atomic E-state index is 0.374. The Balaban J connectivity index is 1.69. The molecule has 2 heterocycles. The number of ether oxygens (including phenoxy) is 1. The summed E-state index contributed by atoms with van der Waals surface area (Å²) in [6, 6.07) is 9.18. The molecule has 2 fully saturated rings. The number of likely N-dealkylation sites (tertiary alicyclic amines) is 1. The van der Waals surface area contributed by atoms with E-state index in [1.165, 1.54) is 24.1 Å². The highest BCUT2D eigenvalue weighted by Gasteiger charge is 2.26. The van der Waals surface area contributed by atoms with Crippen molar-refractivity contribution < 1.29 is 9.53 Å². The van der Waals surface area contributed by atoms with Crippen LogP contribution in [0, 0.1) is 0 Å². The molecule has 2 aliphatic heterocycles. The molecule has 1 atom stereocenters. The quantitative estimate of drug-likeness (QED) is 0.858. The van der Waals surface area contributed by atoms with Gasteiger partial charge >= 0.3 is 0 Å². The van der Waals surface area contributed by atoms with E-state index >= 15 is 0 Å². The van der Waals surface area contributed by atoms with E-state index in [1.54, 1.807) is 0 Å². The summed E-state index contributed by atoms with van der Waals surface area (Å²) in [6.45, 7) is 5.08. The van der Waals surface area contributed by atoms with E-state index in [1.807, 2.05) is 0 Å². The smallest absolute Gasteiger partial charge is 0.247 e. The molecular formula is C19H30N4O2. The molecule has 0 aromatic heterocycles. The molecule has 0 radical (unpaired) electrons. The van der Waals surface area contributed by atoms with E-state index in [0.717, 1.165) is 26.2 Å². The zero-order valence-corrected chi connectivity index (χ0v) is 15.4. The number of rotatable bonds is 5. The van der Waals surface area contributed by atoms with Gasteiger partial charge < -0.3 is 20.3 Å². The number of carbonyl (C=O) groups is 1. The molecule has 25 heavy (non-hydrogen) atoms. The standard InChI is InChI=1S/C19H30N4O2/c1-21-9-7-16(8-10-21)22(2)17-6-4-3-5-15(17)13-23-11-12-25-18(14-23)19(20)24/h3-6,16,18H,7-14H2,1-2H3,(H2,20,24)/t18-/m0/s1. The van der Waals surface area contributed by atoms with Crippen molar-refractivity contribution >= 4 is 11.6 Å². The molecule has 0 spiro atoms. The van der Waals surface area contributed by atoms with E-state index in [9.17, 15) is 4.79 Å². The number of para-hydroxylation sites is 1. The molecule has 138 valence electrons. The fourth-order valence-corrected chi connectivity index (χ4v) is 3.83. The lowest BCUT2D eigenvalue weighted by molar-refractivity contribution is -0.135. The van der Waals surface area contributed by atoms with Crippen molar-refractivity contribution in [1.29, 1.82) is 0 Å². The molecule has 2 saturated heterocycles. The van der Waals surface area contributed by atoms with Crippen molar-refractivity contribution in [3.63, 3.8) is 0 Å². The topological polar surface area (TPSA) is 62.0 Å². The van der Waals surface area contributed by atoms with Gasteiger partial charge in [-0.2, -0.15) is 0 Å². The lowest BCUT2D eigenvalue weighted by Crippen LogP contribution is -2.48. The Bertz CT molecular complexity index is 587. The summed E-state index contributed by atoms with van der Waals surface area (Å²) in [5, 5.41) is 0. The SMILES string of the molecule is CN1CCC(N(C)c2ccccc2CN2CCO[C@H](C(N)=O)C2)CC1. The summed E-state index contributed by atoms with van der Waals surface area (Å²) in [6.07, 6.45) is 1.90. The van der Waals surface area contributed by atoms with Gasteiger partial charge in [-0.25, -0.2) is 0 Å². The third kappa shape index (κ3) is 4.51. The molecule has 3 rings (SSSR count). The van der Waals surface area contributed by atoms with Gasteiger partial charge in [0.25, 0.3) is 0 Å². The number of primary amides is 1. The number of carbonyl (C=O) groups excluding carboxylic acids is 1. The van der Waals surface area contributed by atoms with Crippen LogP contribution in [-0.4, -0.2) is 74.7 Å². The van der Waals surface area contributed by atoms with Crippen molar-refractivity contribution in [1.82, 2.24) is 9.80 Å². The average molecular weight is 346 g/mol. The third-order valence-electron chi connectivity index (χ3n) is 5.47. The maximum Gasteiger partial charge on any atom is 0.247 e. The fourth-order valence-electron chi connectivity index (χ4n) is 3.83. The lowest BCUT2D eigenvalue weighted by Gasteiger charge is -2.38. The second-order valence-electron chi connectivity index (χ2n) is 7.27. The van der Waals surface area contributed by atoms with Crippen molar-refractivity contribution in [2.75, 3.05) is 51.8 Å². The zero-order chi connectivity index (χ0) is 17.8. The van der Waals surface area contributed by atoms with Crippen LogP contribution in [-0.2, 0) is 16.1 Å². The molecule has 2 N–H and O–H groups in total. The van der Waals surface area contributed by atoms with E-state index in [4.69, 9.17) is 10.5 Å². The van der Waals surface area contributed by atoms with Crippen LogP contribution < -0.4 is 10.6 Å². The number of anilines is 1. The van der Waals surface area contributed by atoms with Crippen molar-refractivity contribution in [2.45, 2.75) is 31.5 Å². The predicted octanol–water partition coefficient (Wildman–Crippen LogP) is 0.903. The Labute approximate surface area is 150 Å². The van der Waals surface area contributed by atoms with Gasteiger partial charge in [0, 0.05) is 38.4 Å². The van der Waals surface area contributed by atoms with Crippen molar-refractivity contribution in [2.24, 2.45) is 5.73 Å². The zero-order valence-electron chi connectivity index (χ0n) is 15.4. The molecule has 0 saturated carbocycles. The molecule has 0 unspecified atom stereocenters. The Morgan fingerprint density at radius 1 is 1.28 bits per heavy atom. The first-order valence-electron chi connectivity index (χ1n) is 9.17. The maximum absolute atomic E-state index is 11.4. The molecule has 0 aliphatic carbocycles. The minimum Gasteiger partial charge on any atom is -0.371 e. The van der Waals surface area contributed by atoms with Crippen LogP contribution in [0.5, 0.6) is 0 Å². The van der Waals surface area contributed by atoms with E-state index < -0.39 is 6.10 Å². The number of hydrogen-bond acceptors (Lipinski definition) is 5. The molecule has 6 nitrogen and oxygen atoms in total. The second-order valence-corrected chi connectivity index (χ2v) is 7.27. The Hall–Kier alpha value is -1.63. The van der Waals surface area contributed by atoms with E-state index in [2.05, 4.69) is 53.1 Å². The molecule has 2 aliphatic rings. The van der Waals surface area contributed by atoms with E-state index in [-0.39, 0.29) is 5.91 Å². The van der Waals surface area contributed by atoms with Gasteiger partial charge in [-0.1, -0.05) is 18.2 Å². The van der Waals surface area contributed by atoms with Crippen molar-refractivity contribution in [3.8, 4) is 0 Å². The molecule has 6 heteroatoms. The van der Waals surface area contributed by atoms with Gasteiger partial charge in [-0.15, -0.1) is 0 Å². The largest absolute Gasteiger partial charge is 0.371 e. The number of morpholine rings is 1. The Morgan fingerprint density at radius 2 is 2.00 bits per heavy atom. The van der Waals surface area contributed by atoms with Crippen LogP contribution in [0.1, 0.15) is 18.4 Å². The van der Waals surface area contributed by atoms with Gasteiger partial charge in [-0.3, -0.25) is 9.69 Å². The number of hydrogen-bond donors (Lipinski definition) is 1. The highest BCUT2D eigenvalue weighted by molar-refractivity contribution is 5.79. The molecule has 1 amide bonds. The summed E-state index contributed by atoms with van der Waals surface area (Å²) in [5.41, 5.74) is 8.00. The van der Waals surface area contributed by atoms with Crippen LogP contribution in [0.3, 0.4) is 0 Å². The average Bonchev–Trinajstić information content (AvgIpc) is 2.62. The summed E-state index contributed by atoms with van der Waals surface area (Å²) in [4.78, 5) is 18.5. The maximum atomic E-state index is 11.4. The van der Waals surface area contributed by atoms with Gasteiger partial charge in [0.1, 0.15) is 6.10 Å². The molecule has 1 aromatic carbocycles. The number of piperidine rings is 1. The van der Waals surface area contributed by atoms with Crippen LogP contribution in [0.4, 0.5) is 5.69 Å². The minimum atomic E-state index is -0.493. The Morgan fingerprint density at radius 3 is 2.72 bits per heavy atom. The van der Waals surface area contributed by atoms with Gasteiger partial charge in [0.15, 0.2) is 0 Å². The summed E-state index contributed by atoms with van der Waals surface area (Å²) in [7, 11) is 4.40. The fraction of sp³-hybridized carbons (Fsp3) is 0.632. The number of benzene rings is 1. The van der Waals surface area contributed by atoms with Crippen LogP contribution in [0.15, 0.2) is 24.3 Å². The number of nitrogens with zero attached hydrogens (tertiary/aromatic N) is 3. The monoisotopic (exact) mass is 346 g/mol. The van der Waals surface area contributed by atoms with Crippen LogP contribution in [0.25, 0.3) is 0 Å². The molecule has 1 aromatic rings. The first-order chi connectivity index (χ1) is 12.0. The lowest BCUT2D eigenvalue weighted by atomic mass is 10.0. The van der Waals surface area contributed by atoms with Gasteiger partial charge in [0.2, 0.25) is 5.91 Å². The first-order valence-corrected chi connectivity index (χ1v) is 9.17. The van der Waals surface area contributed by atoms with Crippen LogP contribution >= 0.6 is 0 Å². The molecular weight excluding hydrogens is 316 g/mol. The number of amides is 1. The summed E-state index contributed by atoms with van der Waals surface area (Å²) in [5.74, 6) is -0.374. The third-order valence-corrected chi connectivity index (χ3v) is 5.47. The van der Waals surface area contributed by atoms with Gasteiger partial charge in [0.05, 0.1) is 6.61 Å². The summed E-state index contributed by atoms with van der Waals surface area (Å²) >= 11 is 0. The predicted molar refractivity (Wildman–Crippen MR) is 99.6 cm³/mol. The first kappa shape index (κ1) is 18.2. The van der Waals surface area contributed by atoms with Crippen LogP contribution in [0.2, 0.25) is 0 Å².